The Morgan fingerprint density at radius 3 is 2.36 bits per heavy atom. The molecule has 0 spiro atoms. The van der Waals surface area contributed by atoms with Crippen LogP contribution in [0.5, 0.6) is 0 Å². The first-order valence-corrected chi connectivity index (χ1v) is 4.72. The number of amides is 1. The van der Waals surface area contributed by atoms with Gasteiger partial charge in [0.2, 0.25) is 5.91 Å². The average Bonchev–Trinajstić information content (AvgIpc) is 2.50. The number of hydrogen-bond acceptors (Lipinski definition) is 2. The van der Waals surface area contributed by atoms with Gasteiger partial charge in [-0.1, -0.05) is 23.2 Å². The Kier molecular flexibility index (Phi) is 2.44. The predicted molar refractivity (Wildman–Crippen MR) is 55.8 cm³/mol. The lowest BCUT2D eigenvalue weighted by molar-refractivity contribution is -0.119. The predicted octanol–water partition coefficient (Wildman–Crippen LogP) is 2.22. The van der Waals surface area contributed by atoms with Gasteiger partial charge in [-0.25, -0.2) is 5.43 Å². The van der Waals surface area contributed by atoms with Crippen LogP contribution in [0.2, 0.25) is 10.0 Å². The van der Waals surface area contributed by atoms with Gasteiger partial charge >= 0.3 is 0 Å². The molecule has 1 aromatic rings. The fourth-order valence-corrected chi connectivity index (χ4v) is 1.77. The summed E-state index contributed by atoms with van der Waals surface area (Å²) in [6.07, 6.45) is 0.274. The summed E-state index contributed by atoms with van der Waals surface area (Å²) in [7, 11) is 0. The second-order valence-corrected chi connectivity index (χ2v) is 3.80. The van der Waals surface area contributed by atoms with E-state index in [0.29, 0.717) is 15.8 Å². The maximum absolute atomic E-state index is 10.9. The summed E-state index contributed by atoms with van der Waals surface area (Å²) in [6.45, 7) is 0. The van der Waals surface area contributed by atoms with Crippen molar-refractivity contribution in [2.45, 2.75) is 6.42 Å². The lowest BCUT2D eigenvalue weighted by Crippen LogP contribution is -2.09. The highest BCUT2D eigenvalue weighted by atomic mass is 35.5. The number of nitrogens with zero attached hydrogens (tertiary/aromatic N) is 1. The molecule has 2 rings (SSSR count). The molecule has 1 aliphatic heterocycles. The minimum Gasteiger partial charge on any atom is -0.273 e. The largest absolute Gasteiger partial charge is 0.273 e. The number of carbonyl (C=O) groups is 1. The molecule has 3 nitrogen and oxygen atoms in total. The summed E-state index contributed by atoms with van der Waals surface area (Å²) in [5.74, 6) is -0.115. The van der Waals surface area contributed by atoms with Gasteiger partial charge in [0.05, 0.1) is 12.1 Å². The van der Waals surface area contributed by atoms with Crippen LogP contribution < -0.4 is 5.43 Å². The van der Waals surface area contributed by atoms with Gasteiger partial charge in [-0.3, -0.25) is 4.79 Å². The zero-order valence-electron chi connectivity index (χ0n) is 7.05. The standard InChI is InChI=1S/C9H6Cl2N2O/c10-6-1-5(2-7(11)3-6)8-4-9(14)13-12-8/h1-3H,4H2,(H,13,14). The van der Waals surface area contributed by atoms with Crippen molar-refractivity contribution >= 4 is 34.8 Å². The van der Waals surface area contributed by atoms with E-state index in [9.17, 15) is 4.79 Å². The molecule has 1 aromatic carbocycles. The van der Waals surface area contributed by atoms with Gasteiger partial charge in [-0.05, 0) is 18.2 Å². The van der Waals surface area contributed by atoms with Crippen molar-refractivity contribution in [2.75, 3.05) is 0 Å². The fraction of sp³-hybridized carbons (Fsp3) is 0.111. The van der Waals surface area contributed by atoms with Crippen LogP contribution in [-0.2, 0) is 4.79 Å². The number of benzene rings is 1. The van der Waals surface area contributed by atoms with Crippen LogP contribution in [0.3, 0.4) is 0 Å². The van der Waals surface area contributed by atoms with E-state index in [4.69, 9.17) is 23.2 Å². The lowest BCUT2D eigenvalue weighted by atomic mass is 10.1. The summed E-state index contributed by atoms with van der Waals surface area (Å²) in [5.41, 5.74) is 3.81. The lowest BCUT2D eigenvalue weighted by Gasteiger charge is -2.00. The molecule has 0 saturated heterocycles. The van der Waals surface area contributed by atoms with Gasteiger partial charge in [-0.15, -0.1) is 0 Å². The van der Waals surface area contributed by atoms with Crippen LogP contribution in [0.25, 0.3) is 0 Å². The van der Waals surface area contributed by atoms with E-state index >= 15 is 0 Å². The third kappa shape index (κ3) is 1.89. The van der Waals surface area contributed by atoms with Crippen LogP contribution in [0.15, 0.2) is 23.3 Å². The number of halogens is 2. The zero-order valence-corrected chi connectivity index (χ0v) is 8.56. The molecular formula is C9H6Cl2N2O. The smallest absolute Gasteiger partial charge is 0.246 e. The van der Waals surface area contributed by atoms with E-state index in [1.165, 1.54) is 0 Å². The molecule has 1 aliphatic rings. The zero-order chi connectivity index (χ0) is 10.1. The average molecular weight is 229 g/mol. The summed E-state index contributed by atoms with van der Waals surface area (Å²) in [5, 5.41) is 4.94. The molecule has 1 N–H and O–H groups in total. The summed E-state index contributed by atoms with van der Waals surface area (Å²) >= 11 is 11.6. The van der Waals surface area contributed by atoms with E-state index in [2.05, 4.69) is 10.5 Å². The maximum Gasteiger partial charge on any atom is 0.246 e. The second-order valence-electron chi connectivity index (χ2n) is 2.93. The number of carbonyl (C=O) groups excluding carboxylic acids is 1. The molecule has 14 heavy (non-hydrogen) atoms. The van der Waals surface area contributed by atoms with Gasteiger partial charge in [0.25, 0.3) is 0 Å². The summed E-state index contributed by atoms with van der Waals surface area (Å²) < 4.78 is 0. The fourth-order valence-electron chi connectivity index (χ4n) is 1.25. The molecule has 0 atom stereocenters. The van der Waals surface area contributed by atoms with Crippen molar-refractivity contribution in [1.29, 1.82) is 0 Å². The molecule has 1 heterocycles. The summed E-state index contributed by atoms with van der Waals surface area (Å²) in [4.78, 5) is 10.9. The van der Waals surface area contributed by atoms with Gasteiger partial charge < -0.3 is 0 Å². The molecule has 1 amide bonds. The Balaban J connectivity index is 2.37. The normalized spacial score (nSPS) is 15.3. The van der Waals surface area contributed by atoms with E-state index < -0.39 is 0 Å². The number of hydrogen-bond donors (Lipinski definition) is 1. The van der Waals surface area contributed by atoms with E-state index in [1.807, 2.05) is 0 Å². The van der Waals surface area contributed by atoms with Gasteiger partial charge in [-0.2, -0.15) is 5.10 Å². The quantitative estimate of drug-likeness (QED) is 0.788. The molecule has 0 bridgehead atoms. The minimum absolute atomic E-state index is 0.115. The molecular weight excluding hydrogens is 223 g/mol. The van der Waals surface area contributed by atoms with Crippen LogP contribution in [-0.4, -0.2) is 11.6 Å². The highest BCUT2D eigenvalue weighted by molar-refractivity contribution is 6.35. The van der Waals surface area contributed by atoms with E-state index in [1.54, 1.807) is 18.2 Å². The number of hydrazone groups is 1. The van der Waals surface area contributed by atoms with Crippen LogP contribution in [0.4, 0.5) is 0 Å². The molecule has 0 aliphatic carbocycles. The third-order valence-corrected chi connectivity index (χ3v) is 2.28. The van der Waals surface area contributed by atoms with Crippen LogP contribution in [0.1, 0.15) is 12.0 Å². The van der Waals surface area contributed by atoms with Crippen LogP contribution >= 0.6 is 23.2 Å². The highest BCUT2D eigenvalue weighted by Crippen LogP contribution is 2.21. The third-order valence-electron chi connectivity index (χ3n) is 1.84. The summed E-state index contributed by atoms with van der Waals surface area (Å²) in [6, 6.07) is 5.09. The van der Waals surface area contributed by atoms with E-state index in [-0.39, 0.29) is 12.3 Å². The van der Waals surface area contributed by atoms with Gasteiger partial charge in [0.15, 0.2) is 0 Å². The highest BCUT2D eigenvalue weighted by Gasteiger charge is 2.16. The topological polar surface area (TPSA) is 41.5 Å². The van der Waals surface area contributed by atoms with Gasteiger partial charge in [0, 0.05) is 15.6 Å². The molecule has 5 heteroatoms. The first kappa shape index (κ1) is 9.49. The van der Waals surface area contributed by atoms with Crippen molar-refractivity contribution in [3.8, 4) is 0 Å². The first-order chi connectivity index (χ1) is 6.65. The maximum atomic E-state index is 10.9. The van der Waals surface area contributed by atoms with Crippen molar-refractivity contribution < 1.29 is 4.79 Å². The molecule has 0 unspecified atom stereocenters. The van der Waals surface area contributed by atoms with Crippen molar-refractivity contribution in [2.24, 2.45) is 5.10 Å². The molecule has 0 fully saturated rings. The molecule has 0 aromatic heterocycles. The molecule has 0 saturated carbocycles. The Labute approximate surface area is 90.7 Å². The number of rotatable bonds is 1. The minimum atomic E-state index is -0.115. The molecule has 0 radical (unpaired) electrons. The van der Waals surface area contributed by atoms with Crippen molar-refractivity contribution in [3.63, 3.8) is 0 Å². The van der Waals surface area contributed by atoms with Crippen molar-refractivity contribution in [3.05, 3.63) is 33.8 Å². The Morgan fingerprint density at radius 1 is 1.21 bits per heavy atom. The Hall–Kier alpha value is -1.06. The first-order valence-electron chi connectivity index (χ1n) is 3.97. The van der Waals surface area contributed by atoms with Crippen molar-refractivity contribution in [1.82, 2.24) is 5.43 Å². The SMILES string of the molecule is O=C1CC(c2cc(Cl)cc(Cl)c2)=NN1. The Bertz CT molecular complexity index is 409. The van der Waals surface area contributed by atoms with E-state index in [0.717, 1.165) is 5.56 Å². The molecule has 72 valence electrons. The van der Waals surface area contributed by atoms with Crippen LogP contribution in [0, 0.1) is 0 Å². The Morgan fingerprint density at radius 2 is 1.86 bits per heavy atom. The number of nitrogens with one attached hydrogen (secondary N) is 1. The monoisotopic (exact) mass is 228 g/mol. The van der Waals surface area contributed by atoms with Gasteiger partial charge in [0.1, 0.15) is 0 Å². The second kappa shape index (κ2) is 3.59.